The van der Waals surface area contributed by atoms with E-state index in [0.717, 1.165) is 0 Å². The molecule has 8 heteroatoms. The number of hydrogen-bond donors (Lipinski definition) is 2. The van der Waals surface area contributed by atoms with Crippen LogP contribution in [0, 0.1) is 0 Å². The number of ether oxygens (including phenoxy) is 1. The summed E-state index contributed by atoms with van der Waals surface area (Å²) in [5, 5.41) is 19.1. The van der Waals surface area contributed by atoms with Gasteiger partial charge in [0.05, 0.1) is 31.7 Å². The number of aliphatic hydroxyl groups is 1. The molecule has 112 valence electrons. The first-order valence-corrected chi connectivity index (χ1v) is 6.56. The number of hydrogen-bond acceptors (Lipinski definition) is 6. The van der Waals surface area contributed by atoms with Crippen molar-refractivity contribution < 1.29 is 14.6 Å². The molecule has 21 heavy (non-hydrogen) atoms. The van der Waals surface area contributed by atoms with Crippen LogP contribution in [0.3, 0.4) is 0 Å². The molecule has 0 aromatic carbocycles. The lowest BCUT2D eigenvalue weighted by molar-refractivity contribution is -0.122. The number of carbonyl (C=O) groups excluding carboxylic acids is 1. The number of aliphatic hydroxyl groups excluding tert-OH is 1. The molecule has 2 aromatic heterocycles. The van der Waals surface area contributed by atoms with Gasteiger partial charge < -0.3 is 15.2 Å². The SMILES string of the molecule is O=C(Cn1cc(-c2ccccn2)nn1)NCCOCCO. The van der Waals surface area contributed by atoms with Gasteiger partial charge in [-0.25, -0.2) is 4.68 Å². The van der Waals surface area contributed by atoms with E-state index in [2.05, 4.69) is 20.6 Å². The zero-order chi connectivity index (χ0) is 14.9. The van der Waals surface area contributed by atoms with Gasteiger partial charge in [0, 0.05) is 12.7 Å². The van der Waals surface area contributed by atoms with E-state index in [0.29, 0.717) is 24.5 Å². The van der Waals surface area contributed by atoms with Crippen molar-refractivity contribution in [2.24, 2.45) is 0 Å². The molecule has 2 N–H and O–H groups in total. The minimum Gasteiger partial charge on any atom is -0.394 e. The van der Waals surface area contributed by atoms with E-state index in [1.54, 1.807) is 12.4 Å². The molecule has 1 amide bonds. The number of aromatic nitrogens is 4. The van der Waals surface area contributed by atoms with Crippen LogP contribution in [-0.2, 0) is 16.1 Å². The molecule has 0 aliphatic rings. The van der Waals surface area contributed by atoms with Gasteiger partial charge >= 0.3 is 0 Å². The van der Waals surface area contributed by atoms with Crippen LogP contribution >= 0.6 is 0 Å². The third-order valence-electron chi connectivity index (χ3n) is 2.58. The minimum atomic E-state index is -0.180. The molecule has 0 aliphatic carbocycles. The molecule has 0 aliphatic heterocycles. The number of nitrogens with zero attached hydrogens (tertiary/aromatic N) is 4. The van der Waals surface area contributed by atoms with Crippen LogP contribution in [0.2, 0.25) is 0 Å². The Hall–Kier alpha value is -2.32. The molecule has 8 nitrogen and oxygen atoms in total. The van der Waals surface area contributed by atoms with Crippen LogP contribution in [0.5, 0.6) is 0 Å². The van der Waals surface area contributed by atoms with Crippen LogP contribution < -0.4 is 5.32 Å². The normalized spacial score (nSPS) is 10.5. The molecular weight excluding hydrogens is 274 g/mol. The van der Waals surface area contributed by atoms with Gasteiger partial charge in [0.25, 0.3) is 0 Å². The van der Waals surface area contributed by atoms with E-state index >= 15 is 0 Å². The van der Waals surface area contributed by atoms with Crippen molar-refractivity contribution in [2.45, 2.75) is 6.54 Å². The Morgan fingerprint density at radius 2 is 2.24 bits per heavy atom. The highest BCUT2D eigenvalue weighted by Crippen LogP contribution is 2.11. The third kappa shape index (κ3) is 4.93. The zero-order valence-electron chi connectivity index (χ0n) is 11.5. The lowest BCUT2D eigenvalue weighted by atomic mass is 10.3. The van der Waals surface area contributed by atoms with Gasteiger partial charge in [0.15, 0.2) is 0 Å². The highest BCUT2D eigenvalue weighted by atomic mass is 16.5. The fourth-order valence-corrected chi connectivity index (χ4v) is 1.64. The minimum absolute atomic E-state index is 0.0246. The van der Waals surface area contributed by atoms with E-state index in [-0.39, 0.29) is 25.7 Å². The summed E-state index contributed by atoms with van der Waals surface area (Å²) < 4.78 is 6.49. The second-order valence-corrected chi connectivity index (χ2v) is 4.20. The van der Waals surface area contributed by atoms with Crippen molar-refractivity contribution in [2.75, 3.05) is 26.4 Å². The first-order valence-electron chi connectivity index (χ1n) is 6.56. The van der Waals surface area contributed by atoms with Crippen molar-refractivity contribution in [3.8, 4) is 11.4 Å². The average Bonchev–Trinajstić information content (AvgIpc) is 2.96. The molecule has 0 radical (unpaired) electrons. The van der Waals surface area contributed by atoms with Crippen molar-refractivity contribution in [3.05, 3.63) is 30.6 Å². The lowest BCUT2D eigenvalue weighted by Gasteiger charge is -2.05. The Balaban J connectivity index is 1.78. The second-order valence-electron chi connectivity index (χ2n) is 4.20. The average molecular weight is 291 g/mol. The number of carbonyl (C=O) groups is 1. The van der Waals surface area contributed by atoms with Gasteiger partial charge in [-0.3, -0.25) is 9.78 Å². The summed E-state index contributed by atoms with van der Waals surface area (Å²) in [5.74, 6) is -0.180. The van der Waals surface area contributed by atoms with Crippen molar-refractivity contribution in [3.63, 3.8) is 0 Å². The Bertz CT molecular complexity index is 558. The topological polar surface area (TPSA) is 102 Å². The maximum atomic E-state index is 11.7. The maximum absolute atomic E-state index is 11.7. The maximum Gasteiger partial charge on any atom is 0.241 e. The largest absolute Gasteiger partial charge is 0.394 e. The Morgan fingerprint density at radius 3 is 3.00 bits per heavy atom. The van der Waals surface area contributed by atoms with Crippen molar-refractivity contribution in [1.29, 1.82) is 0 Å². The Kier molecular flexibility index (Phi) is 5.80. The monoisotopic (exact) mass is 291 g/mol. The van der Waals surface area contributed by atoms with Crippen molar-refractivity contribution in [1.82, 2.24) is 25.3 Å². The summed E-state index contributed by atoms with van der Waals surface area (Å²) in [7, 11) is 0. The lowest BCUT2D eigenvalue weighted by Crippen LogP contribution is -2.30. The summed E-state index contributed by atoms with van der Waals surface area (Å²) >= 11 is 0. The van der Waals surface area contributed by atoms with E-state index in [1.165, 1.54) is 4.68 Å². The number of pyridine rings is 1. The van der Waals surface area contributed by atoms with Crippen LogP contribution in [0.15, 0.2) is 30.6 Å². The molecule has 0 unspecified atom stereocenters. The summed E-state index contributed by atoms with van der Waals surface area (Å²) in [6.45, 7) is 1.08. The fraction of sp³-hybridized carbons (Fsp3) is 0.385. The smallest absolute Gasteiger partial charge is 0.241 e. The summed E-state index contributed by atoms with van der Waals surface area (Å²) in [4.78, 5) is 15.8. The van der Waals surface area contributed by atoms with Crippen LogP contribution in [0.1, 0.15) is 0 Å². The fourth-order valence-electron chi connectivity index (χ4n) is 1.64. The van der Waals surface area contributed by atoms with Gasteiger partial charge in [0.2, 0.25) is 5.91 Å². The van der Waals surface area contributed by atoms with Crippen LogP contribution in [0.25, 0.3) is 11.4 Å². The molecule has 2 aromatic rings. The summed E-state index contributed by atoms with van der Waals surface area (Å²) in [6, 6.07) is 5.51. The molecule has 2 heterocycles. The van der Waals surface area contributed by atoms with Crippen LogP contribution in [-0.4, -0.2) is 57.4 Å². The number of rotatable bonds is 8. The van der Waals surface area contributed by atoms with Gasteiger partial charge in [-0.2, -0.15) is 0 Å². The molecule has 0 saturated carbocycles. The molecule has 0 spiro atoms. The molecule has 0 fully saturated rings. The van der Waals surface area contributed by atoms with Gasteiger partial charge in [-0.15, -0.1) is 5.10 Å². The molecule has 2 rings (SSSR count). The molecular formula is C13H17N5O3. The van der Waals surface area contributed by atoms with Gasteiger partial charge in [0.1, 0.15) is 12.2 Å². The number of amides is 1. The van der Waals surface area contributed by atoms with Gasteiger partial charge in [-0.05, 0) is 12.1 Å². The Labute approximate surface area is 121 Å². The Morgan fingerprint density at radius 1 is 1.33 bits per heavy atom. The van der Waals surface area contributed by atoms with E-state index < -0.39 is 0 Å². The van der Waals surface area contributed by atoms with Crippen LogP contribution in [0.4, 0.5) is 0 Å². The van der Waals surface area contributed by atoms with E-state index in [9.17, 15) is 4.79 Å². The second kappa shape index (κ2) is 8.08. The summed E-state index contributed by atoms with van der Waals surface area (Å²) in [6.07, 6.45) is 3.34. The molecule has 0 bridgehead atoms. The number of nitrogens with one attached hydrogen (secondary N) is 1. The van der Waals surface area contributed by atoms with E-state index in [1.807, 2.05) is 18.2 Å². The first-order chi connectivity index (χ1) is 10.3. The molecule has 0 saturated heterocycles. The predicted molar refractivity (Wildman–Crippen MR) is 74.2 cm³/mol. The quantitative estimate of drug-likeness (QED) is 0.634. The summed E-state index contributed by atoms with van der Waals surface area (Å²) in [5.41, 5.74) is 1.33. The predicted octanol–water partition coefficient (Wildman–Crippen LogP) is -0.535. The standard InChI is InChI=1S/C13H17N5O3/c19-6-8-21-7-5-15-13(20)10-18-9-12(16-17-18)11-3-1-2-4-14-11/h1-4,9,19H,5-8,10H2,(H,15,20). The van der Waals surface area contributed by atoms with Gasteiger partial charge in [-0.1, -0.05) is 11.3 Å². The molecule has 0 atom stereocenters. The zero-order valence-corrected chi connectivity index (χ0v) is 11.5. The third-order valence-corrected chi connectivity index (χ3v) is 2.58. The highest BCUT2D eigenvalue weighted by molar-refractivity contribution is 5.75. The van der Waals surface area contributed by atoms with Crippen molar-refractivity contribution >= 4 is 5.91 Å². The van der Waals surface area contributed by atoms with E-state index in [4.69, 9.17) is 9.84 Å². The first kappa shape index (κ1) is 15.1. The highest BCUT2D eigenvalue weighted by Gasteiger charge is 2.07.